The summed E-state index contributed by atoms with van der Waals surface area (Å²) in [5, 5.41) is 0.941. The SMILES string of the molecule is CC1CN(C(C)C(=O)c2ccc(Cl)cc2Cl)CC(C)O1. The summed E-state index contributed by atoms with van der Waals surface area (Å²) >= 11 is 12.0. The molecule has 1 saturated heterocycles. The Morgan fingerprint density at radius 1 is 1.30 bits per heavy atom. The largest absolute Gasteiger partial charge is 0.373 e. The van der Waals surface area contributed by atoms with Crippen LogP contribution in [0.15, 0.2) is 18.2 Å². The predicted octanol–water partition coefficient (Wildman–Crippen LogP) is 3.67. The molecule has 1 aliphatic rings. The van der Waals surface area contributed by atoms with Crippen LogP contribution in [0.4, 0.5) is 0 Å². The molecule has 3 unspecified atom stereocenters. The third-order valence-electron chi connectivity index (χ3n) is 3.57. The second-order valence-electron chi connectivity index (χ2n) is 5.38. The Hall–Kier alpha value is -0.610. The zero-order chi connectivity index (χ0) is 14.9. The first-order valence-electron chi connectivity index (χ1n) is 6.77. The lowest BCUT2D eigenvalue weighted by Gasteiger charge is -2.38. The number of nitrogens with zero attached hydrogens (tertiary/aromatic N) is 1. The van der Waals surface area contributed by atoms with E-state index in [-0.39, 0.29) is 24.0 Å². The minimum absolute atomic E-state index is 0.0213. The number of ketones is 1. The van der Waals surface area contributed by atoms with Crippen LogP contribution >= 0.6 is 23.2 Å². The second kappa shape index (κ2) is 6.44. The minimum Gasteiger partial charge on any atom is -0.373 e. The Balaban J connectivity index is 2.15. The molecule has 3 atom stereocenters. The highest BCUT2D eigenvalue weighted by molar-refractivity contribution is 6.37. The summed E-state index contributed by atoms with van der Waals surface area (Å²) in [5.41, 5.74) is 0.523. The lowest BCUT2D eigenvalue weighted by atomic mass is 10.0. The molecule has 1 aliphatic heterocycles. The van der Waals surface area contributed by atoms with E-state index in [9.17, 15) is 4.79 Å². The fraction of sp³-hybridized carbons (Fsp3) is 0.533. The van der Waals surface area contributed by atoms with Crippen LogP contribution in [0.5, 0.6) is 0 Å². The maximum absolute atomic E-state index is 12.6. The molecule has 1 heterocycles. The maximum Gasteiger partial charge on any atom is 0.181 e. The Morgan fingerprint density at radius 2 is 1.90 bits per heavy atom. The van der Waals surface area contributed by atoms with Gasteiger partial charge in [0.05, 0.1) is 23.3 Å². The predicted molar refractivity (Wildman–Crippen MR) is 81.8 cm³/mol. The van der Waals surface area contributed by atoms with Crippen molar-refractivity contribution in [2.24, 2.45) is 0 Å². The number of ether oxygens (including phenoxy) is 1. The van der Waals surface area contributed by atoms with Crippen LogP contribution in [0.3, 0.4) is 0 Å². The number of benzene rings is 1. The molecule has 0 aliphatic carbocycles. The zero-order valence-electron chi connectivity index (χ0n) is 11.9. The van der Waals surface area contributed by atoms with Gasteiger partial charge in [-0.25, -0.2) is 0 Å². The molecule has 0 bridgehead atoms. The first-order chi connectivity index (χ1) is 9.38. The second-order valence-corrected chi connectivity index (χ2v) is 6.22. The standard InChI is InChI=1S/C15H19Cl2NO2/c1-9-7-18(8-10(2)20-9)11(3)15(19)13-5-4-12(16)6-14(13)17/h4-6,9-11H,7-8H2,1-3H3. The van der Waals surface area contributed by atoms with Crippen LogP contribution in [0, 0.1) is 0 Å². The number of carbonyl (C=O) groups is 1. The van der Waals surface area contributed by atoms with Crippen molar-refractivity contribution in [3.05, 3.63) is 33.8 Å². The fourth-order valence-corrected chi connectivity index (χ4v) is 3.12. The minimum atomic E-state index is -0.220. The number of carbonyl (C=O) groups excluding carboxylic acids is 1. The van der Waals surface area contributed by atoms with Gasteiger partial charge in [0, 0.05) is 23.7 Å². The van der Waals surface area contributed by atoms with Gasteiger partial charge in [-0.3, -0.25) is 9.69 Å². The molecular formula is C15H19Cl2NO2. The first-order valence-corrected chi connectivity index (χ1v) is 7.53. The van der Waals surface area contributed by atoms with Gasteiger partial charge in [-0.2, -0.15) is 0 Å². The molecule has 110 valence electrons. The Kier molecular flexibility index (Phi) is 5.08. The third kappa shape index (κ3) is 3.53. The van der Waals surface area contributed by atoms with Crippen LogP contribution in [0.1, 0.15) is 31.1 Å². The molecule has 5 heteroatoms. The smallest absolute Gasteiger partial charge is 0.181 e. The molecule has 3 nitrogen and oxygen atoms in total. The molecule has 1 aromatic carbocycles. The van der Waals surface area contributed by atoms with Crippen molar-refractivity contribution < 1.29 is 9.53 Å². The lowest BCUT2D eigenvalue weighted by molar-refractivity contribution is -0.0744. The van der Waals surface area contributed by atoms with Gasteiger partial charge in [0.25, 0.3) is 0 Å². The number of rotatable bonds is 3. The number of halogens is 2. The van der Waals surface area contributed by atoms with E-state index in [0.717, 1.165) is 13.1 Å². The number of morpholine rings is 1. The normalized spacial score (nSPS) is 25.4. The van der Waals surface area contributed by atoms with Crippen LogP contribution in [-0.2, 0) is 4.74 Å². The summed E-state index contributed by atoms with van der Waals surface area (Å²) in [4.78, 5) is 14.7. The summed E-state index contributed by atoms with van der Waals surface area (Å²) < 4.78 is 5.69. The average Bonchev–Trinajstić information content (AvgIpc) is 2.36. The molecule has 20 heavy (non-hydrogen) atoms. The van der Waals surface area contributed by atoms with E-state index in [4.69, 9.17) is 27.9 Å². The third-order valence-corrected chi connectivity index (χ3v) is 4.12. The van der Waals surface area contributed by atoms with Gasteiger partial charge >= 0.3 is 0 Å². The van der Waals surface area contributed by atoms with Crippen molar-refractivity contribution >= 4 is 29.0 Å². The topological polar surface area (TPSA) is 29.5 Å². The van der Waals surface area contributed by atoms with E-state index in [2.05, 4.69) is 4.90 Å². The van der Waals surface area contributed by atoms with Crippen molar-refractivity contribution in [3.8, 4) is 0 Å². The first kappa shape index (κ1) is 15.8. The fourth-order valence-electron chi connectivity index (χ4n) is 2.61. The average molecular weight is 316 g/mol. The van der Waals surface area contributed by atoms with E-state index in [1.54, 1.807) is 18.2 Å². The van der Waals surface area contributed by atoms with Gasteiger partial charge in [0.15, 0.2) is 5.78 Å². The van der Waals surface area contributed by atoms with Crippen molar-refractivity contribution in [2.75, 3.05) is 13.1 Å². The molecule has 0 N–H and O–H groups in total. The van der Waals surface area contributed by atoms with E-state index < -0.39 is 0 Å². The molecule has 0 aromatic heterocycles. The van der Waals surface area contributed by atoms with Crippen molar-refractivity contribution in [1.29, 1.82) is 0 Å². The van der Waals surface area contributed by atoms with Crippen molar-refractivity contribution in [1.82, 2.24) is 4.90 Å². The van der Waals surface area contributed by atoms with E-state index >= 15 is 0 Å². The zero-order valence-corrected chi connectivity index (χ0v) is 13.4. The number of hydrogen-bond donors (Lipinski definition) is 0. The van der Waals surface area contributed by atoms with Gasteiger partial charge in [-0.1, -0.05) is 23.2 Å². The van der Waals surface area contributed by atoms with E-state index in [1.165, 1.54) is 0 Å². The van der Waals surface area contributed by atoms with E-state index in [1.807, 2.05) is 20.8 Å². The van der Waals surface area contributed by atoms with Gasteiger partial charge in [-0.15, -0.1) is 0 Å². The van der Waals surface area contributed by atoms with Crippen molar-refractivity contribution in [2.45, 2.75) is 39.0 Å². The molecule has 1 aromatic rings. The molecule has 0 saturated carbocycles. The highest BCUT2D eigenvalue weighted by Crippen LogP contribution is 2.24. The Morgan fingerprint density at radius 3 is 2.45 bits per heavy atom. The monoisotopic (exact) mass is 315 g/mol. The Bertz CT molecular complexity index is 497. The summed E-state index contributed by atoms with van der Waals surface area (Å²) in [6.07, 6.45) is 0.268. The lowest BCUT2D eigenvalue weighted by Crippen LogP contribution is -2.51. The van der Waals surface area contributed by atoms with Gasteiger partial charge in [0.1, 0.15) is 0 Å². The van der Waals surface area contributed by atoms with E-state index in [0.29, 0.717) is 15.6 Å². The van der Waals surface area contributed by atoms with Crippen molar-refractivity contribution in [3.63, 3.8) is 0 Å². The maximum atomic E-state index is 12.6. The Labute approximate surface area is 129 Å². The van der Waals surface area contributed by atoms with Crippen LogP contribution in [0.2, 0.25) is 10.0 Å². The molecule has 1 fully saturated rings. The molecule has 0 spiro atoms. The quantitative estimate of drug-likeness (QED) is 0.797. The summed E-state index contributed by atoms with van der Waals surface area (Å²) in [5.74, 6) is 0.0213. The summed E-state index contributed by atoms with van der Waals surface area (Å²) in [6, 6.07) is 4.77. The van der Waals surface area contributed by atoms with Crippen LogP contribution < -0.4 is 0 Å². The molecule has 2 rings (SSSR count). The summed E-state index contributed by atoms with van der Waals surface area (Å²) in [6.45, 7) is 7.47. The molecule has 0 amide bonds. The highest BCUT2D eigenvalue weighted by Gasteiger charge is 2.30. The van der Waals surface area contributed by atoms with Gasteiger partial charge < -0.3 is 4.74 Å². The summed E-state index contributed by atoms with van der Waals surface area (Å²) in [7, 11) is 0. The van der Waals surface area contributed by atoms with Crippen LogP contribution in [-0.4, -0.2) is 42.0 Å². The van der Waals surface area contributed by atoms with Crippen LogP contribution in [0.25, 0.3) is 0 Å². The highest BCUT2D eigenvalue weighted by atomic mass is 35.5. The van der Waals surface area contributed by atoms with Gasteiger partial charge in [-0.05, 0) is 39.0 Å². The molecular weight excluding hydrogens is 297 g/mol. The number of Topliss-reactive ketones (excluding diaryl/α,β-unsaturated/α-hetero) is 1. The number of hydrogen-bond acceptors (Lipinski definition) is 3. The molecule has 0 radical (unpaired) electrons. The van der Waals surface area contributed by atoms with Gasteiger partial charge in [0.2, 0.25) is 0 Å².